The SMILES string of the molecule is CC(C)(C)N1CCN(S(=O)(=O)c2ccc(CCCl)s2)CC1. The summed E-state index contributed by atoms with van der Waals surface area (Å²) in [5, 5.41) is 0. The van der Waals surface area contributed by atoms with Gasteiger partial charge >= 0.3 is 0 Å². The largest absolute Gasteiger partial charge is 0.296 e. The third kappa shape index (κ3) is 3.99. The van der Waals surface area contributed by atoms with Crippen LogP contribution in [0.1, 0.15) is 25.6 Å². The molecule has 0 saturated carbocycles. The molecule has 1 fully saturated rings. The molecule has 0 amide bonds. The van der Waals surface area contributed by atoms with E-state index in [-0.39, 0.29) is 5.54 Å². The fourth-order valence-electron chi connectivity index (χ4n) is 2.45. The van der Waals surface area contributed by atoms with Crippen LogP contribution in [0.15, 0.2) is 16.3 Å². The molecule has 0 radical (unpaired) electrons. The van der Waals surface area contributed by atoms with Gasteiger partial charge in [-0.1, -0.05) is 0 Å². The number of thiophene rings is 1. The van der Waals surface area contributed by atoms with Crippen LogP contribution in [-0.2, 0) is 16.4 Å². The van der Waals surface area contributed by atoms with E-state index in [1.165, 1.54) is 11.3 Å². The lowest BCUT2D eigenvalue weighted by atomic mass is 10.1. The summed E-state index contributed by atoms with van der Waals surface area (Å²) in [5.41, 5.74) is 0.0896. The average molecular weight is 351 g/mol. The number of halogens is 1. The van der Waals surface area contributed by atoms with Crippen molar-refractivity contribution in [2.75, 3.05) is 32.1 Å². The Morgan fingerprint density at radius 2 is 1.81 bits per heavy atom. The number of hydrogen-bond acceptors (Lipinski definition) is 4. The molecule has 2 rings (SSSR count). The zero-order valence-electron chi connectivity index (χ0n) is 12.8. The van der Waals surface area contributed by atoms with Crippen molar-refractivity contribution < 1.29 is 8.42 Å². The highest BCUT2D eigenvalue weighted by Crippen LogP contribution is 2.27. The van der Waals surface area contributed by atoms with Crippen molar-refractivity contribution in [3.05, 3.63) is 17.0 Å². The standard InChI is InChI=1S/C14H23ClN2O2S2/c1-14(2,3)16-8-10-17(11-9-16)21(18,19)13-5-4-12(20-13)6-7-15/h4-5H,6-11H2,1-3H3. The Bertz CT molecular complexity index is 570. The Balaban J connectivity index is 2.07. The number of sulfonamides is 1. The van der Waals surface area contributed by atoms with Gasteiger partial charge in [0, 0.05) is 42.5 Å². The van der Waals surface area contributed by atoms with Gasteiger partial charge in [0.1, 0.15) is 4.21 Å². The molecule has 1 aromatic heterocycles. The normalized spacial score (nSPS) is 19.0. The van der Waals surface area contributed by atoms with Crippen molar-refractivity contribution in [3.63, 3.8) is 0 Å². The summed E-state index contributed by atoms with van der Waals surface area (Å²) in [7, 11) is -3.35. The highest BCUT2D eigenvalue weighted by molar-refractivity contribution is 7.91. The van der Waals surface area contributed by atoms with Crippen molar-refractivity contribution in [1.29, 1.82) is 0 Å². The molecule has 0 atom stereocenters. The quantitative estimate of drug-likeness (QED) is 0.784. The minimum absolute atomic E-state index is 0.0896. The van der Waals surface area contributed by atoms with Crippen LogP contribution in [0.5, 0.6) is 0 Å². The number of piperazine rings is 1. The Morgan fingerprint density at radius 3 is 2.33 bits per heavy atom. The van der Waals surface area contributed by atoms with Gasteiger partial charge in [0.05, 0.1) is 0 Å². The number of rotatable bonds is 4. The first kappa shape index (κ1) is 17.2. The Hall–Kier alpha value is -0.140. The zero-order chi connectivity index (χ0) is 15.7. The summed E-state index contributed by atoms with van der Waals surface area (Å²) in [4.78, 5) is 3.35. The van der Waals surface area contributed by atoms with Gasteiger partial charge in [-0.3, -0.25) is 4.90 Å². The molecule has 0 unspecified atom stereocenters. The summed E-state index contributed by atoms with van der Waals surface area (Å²) in [6.07, 6.45) is 0.722. The molecule has 7 heteroatoms. The topological polar surface area (TPSA) is 40.6 Å². The Morgan fingerprint density at radius 1 is 1.19 bits per heavy atom. The molecule has 1 aromatic rings. The van der Waals surface area contributed by atoms with Crippen molar-refractivity contribution in [3.8, 4) is 0 Å². The van der Waals surface area contributed by atoms with E-state index >= 15 is 0 Å². The molecular weight excluding hydrogens is 328 g/mol. The third-order valence-electron chi connectivity index (χ3n) is 3.76. The third-order valence-corrected chi connectivity index (χ3v) is 7.46. The van der Waals surface area contributed by atoms with Crippen molar-refractivity contribution in [2.45, 2.75) is 36.9 Å². The van der Waals surface area contributed by atoms with Gasteiger partial charge in [-0.2, -0.15) is 4.31 Å². The van der Waals surface area contributed by atoms with Crippen molar-refractivity contribution >= 4 is 33.0 Å². The van der Waals surface area contributed by atoms with Crippen LogP contribution in [0.25, 0.3) is 0 Å². The highest BCUT2D eigenvalue weighted by Gasteiger charge is 2.32. The monoisotopic (exact) mass is 350 g/mol. The summed E-state index contributed by atoms with van der Waals surface area (Å²) in [6, 6.07) is 3.57. The van der Waals surface area contributed by atoms with Crippen LogP contribution in [0, 0.1) is 0 Å². The van der Waals surface area contributed by atoms with Crippen LogP contribution in [0.3, 0.4) is 0 Å². The first-order chi connectivity index (χ1) is 9.75. The van der Waals surface area contributed by atoms with Gasteiger partial charge in [-0.25, -0.2) is 8.42 Å². The maximum atomic E-state index is 12.6. The Kier molecular flexibility index (Phi) is 5.36. The van der Waals surface area contributed by atoms with Gasteiger partial charge in [0.15, 0.2) is 0 Å². The summed E-state index contributed by atoms with van der Waals surface area (Å²) < 4.78 is 27.3. The van der Waals surface area contributed by atoms with Gasteiger partial charge in [-0.05, 0) is 39.3 Å². The molecule has 21 heavy (non-hydrogen) atoms. The van der Waals surface area contributed by atoms with Gasteiger partial charge in [-0.15, -0.1) is 22.9 Å². The second-order valence-corrected chi connectivity index (χ2v) is 9.93. The molecule has 4 nitrogen and oxygen atoms in total. The van der Waals surface area contributed by atoms with E-state index in [9.17, 15) is 8.42 Å². The van der Waals surface area contributed by atoms with E-state index in [2.05, 4.69) is 25.7 Å². The molecule has 1 aliphatic heterocycles. The van der Waals surface area contributed by atoms with Crippen LogP contribution < -0.4 is 0 Å². The van der Waals surface area contributed by atoms with Gasteiger partial charge in [0.2, 0.25) is 0 Å². The van der Waals surface area contributed by atoms with Crippen LogP contribution in [0.4, 0.5) is 0 Å². The molecule has 0 N–H and O–H groups in total. The molecule has 1 saturated heterocycles. The van der Waals surface area contributed by atoms with E-state index < -0.39 is 10.0 Å². The summed E-state index contributed by atoms with van der Waals surface area (Å²) >= 11 is 7.04. The molecule has 1 aliphatic rings. The zero-order valence-corrected chi connectivity index (χ0v) is 15.2. The molecule has 0 aliphatic carbocycles. The fraction of sp³-hybridized carbons (Fsp3) is 0.714. The average Bonchev–Trinajstić information content (AvgIpc) is 2.88. The number of aryl methyl sites for hydroxylation is 1. The first-order valence-corrected chi connectivity index (χ1v) is 9.94. The Labute approximate surface area is 136 Å². The van der Waals surface area contributed by atoms with Gasteiger partial charge < -0.3 is 0 Å². The first-order valence-electron chi connectivity index (χ1n) is 7.15. The molecule has 2 heterocycles. The van der Waals surface area contributed by atoms with Crippen molar-refractivity contribution in [2.24, 2.45) is 0 Å². The predicted octanol–water partition coefficient (Wildman–Crippen LogP) is 2.63. The number of nitrogens with zero attached hydrogens (tertiary/aromatic N) is 2. The molecule has 120 valence electrons. The summed E-state index contributed by atoms with van der Waals surface area (Å²) in [5.74, 6) is 0.518. The van der Waals surface area contributed by atoms with Crippen LogP contribution >= 0.6 is 22.9 Å². The fourth-order valence-corrected chi connectivity index (χ4v) is 5.70. The minimum Gasteiger partial charge on any atom is -0.296 e. The van der Waals surface area contributed by atoms with E-state index in [1.807, 2.05) is 6.07 Å². The lowest BCUT2D eigenvalue weighted by molar-refractivity contribution is 0.0922. The lowest BCUT2D eigenvalue weighted by Gasteiger charge is -2.41. The van der Waals surface area contributed by atoms with Crippen molar-refractivity contribution in [1.82, 2.24) is 9.21 Å². The van der Waals surface area contributed by atoms with E-state index in [0.717, 1.165) is 24.4 Å². The molecular formula is C14H23ClN2O2S2. The van der Waals surface area contributed by atoms with E-state index in [1.54, 1.807) is 10.4 Å². The molecule has 0 bridgehead atoms. The van der Waals surface area contributed by atoms with Crippen LogP contribution in [0.2, 0.25) is 0 Å². The molecule has 0 spiro atoms. The number of alkyl halides is 1. The minimum atomic E-state index is -3.35. The smallest absolute Gasteiger partial charge is 0.252 e. The maximum absolute atomic E-state index is 12.6. The second kappa shape index (κ2) is 6.54. The summed E-state index contributed by atoms with van der Waals surface area (Å²) in [6.45, 7) is 9.16. The maximum Gasteiger partial charge on any atom is 0.252 e. The highest BCUT2D eigenvalue weighted by atomic mass is 35.5. The van der Waals surface area contributed by atoms with E-state index in [0.29, 0.717) is 23.2 Å². The second-order valence-electron chi connectivity index (χ2n) is 6.22. The van der Waals surface area contributed by atoms with Gasteiger partial charge in [0.25, 0.3) is 10.0 Å². The van der Waals surface area contributed by atoms with Crippen LogP contribution in [-0.4, -0.2) is 55.2 Å². The van der Waals surface area contributed by atoms with E-state index in [4.69, 9.17) is 11.6 Å². The number of hydrogen-bond donors (Lipinski definition) is 0. The predicted molar refractivity (Wildman–Crippen MR) is 88.8 cm³/mol. The molecule has 0 aromatic carbocycles. The lowest BCUT2D eigenvalue weighted by Crippen LogP contribution is -2.54.